The van der Waals surface area contributed by atoms with Gasteiger partial charge in [0.1, 0.15) is 0 Å². The van der Waals surface area contributed by atoms with Gasteiger partial charge in [-0.25, -0.2) is 13.4 Å². The van der Waals surface area contributed by atoms with Gasteiger partial charge >= 0.3 is 0 Å². The van der Waals surface area contributed by atoms with Crippen LogP contribution in [0.1, 0.15) is 46.5 Å². The van der Waals surface area contributed by atoms with Gasteiger partial charge in [0.05, 0.1) is 16.6 Å². The monoisotopic (exact) mass is 308 g/mol. The number of nitrogens with one attached hydrogen (secondary N) is 1. The molecule has 0 atom stereocenters. The van der Waals surface area contributed by atoms with Gasteiger partial charge in [-0.1, -0.05) is 0 Å². The molecular weight excluding hydrogens is 284 g/mol. The van der Waals surface area contributed by atoms with E-state index in [1.54, 1.807) is 33.0 Å². The molecule has 2 saturated carbocycles. The Morgan fingerprint density at radius 2 is 1.71 bits per heavy atom. The molecule has 0 spiro atoms. The molecule has 2 aliphatic rings. The second-order valence-electron chi connectivity index (χ2n) is 7.35. The first-order valence-electron chi connectivity index (χ1n) is 7.76. The summed E-state index contributed by atoms with van der Waals surface area (Å²) in [6.45, 7) is 5.10. The first kappa shape index (κ1) is 14.8. The highest BCUT2D eigenvalue weighted by Gasteiger charge is 2.41. The molecule has 1 aromatic heterocycles. The van der Waals surface area contributed by atoms with Crippen molar-refractivity contribution in [3.8, 4) is 0 Å². The van der Waals surface area contributed by atoms with E-state index in [1.807, 2.05) is 6.07 Å². The van der Waals surface area contributed by atoms with Crippen molar-refractivity contribution in [2.75, 3.05) is 5.32 Å². The number of hydrogen-bond donors (Lipinski definition) is 1. The van der Waals surface area contributed by atoms with Crippen LogP contribution in [0.4, 0.5) is 5.69 Å². The normalized spacial score (nSPS) is 19.8. The van der Waals surface area contributed by atoms with Crippen LogP contribution in [0.5, 0.6) is 0 Å². The van der Waals surface area contributed by atoms with E-state index < -0.39 is 14.6 Å². The average molecular weight is 308 g/mol. The number of rotatable bonds is 5. The molecule has 0 saturated heterocycles. The molecular formula is C16H24N2O2S. The number of sulfone groups is 1. The first-order valence-corrected chi connectivity index (χ1v) is 9.24. The van der Waals surface area contributed by atoms with E-state index in [4.69, 9.17) is 0 Å². The summed E-state index contributed by atoms with van der Waals surface area (Å²) in [4.78, 5) is 4.18. The molecule has 2 fully saturated rings. The van der Waals surface area contributed by atoms with Crippen LogP contribution in [0.25, 0.3) is 0 Å². The van der Waals surface area contributed by atoms with Crippen molar-refractivity contribution >= 4 is 15.5 Å². The zero-order valence-corrected chi connectivity index (χ0v) is 13.8. The minimum Gasteiger partial charge on any atom is -0.381 e. The molecule has 2 aliphatic carbocycles. The molecule has 4 nitrogen and oxygen atoms in total. The Hall–Kier alpha value is -1.10. The van der Waals surface area contributed by atoms with Crippen molar-refractivity contribution in [1.29, 1.82) is 0 Å². The van der Waals surface area contributed by atoms with Crippen LogP contribution in [0.3, 0.4) is 0 Å². The van der Waals surface area contributed by atoms with Crippen LogP contribution in [0, 0.1) is 11.8 Å². The van der Waals surface area contributed by atoms with E-state index >= 15 is 0 Å². The van der Waals surface area contributed by atoms with Gasteiger partial charge in [-0.15, -0.1) is 0 Å². The van der Waals surface area contributed by atoms with E-state index in [0.29, 0.717) is 6.04 Å². The Morgan fingerprint density at radius 3 is 2.10 bits per heavy atom. The number of hydrogen-bond acceptors (Lipinski definition) is 4. The smallest absolute Gasteiger partial charge is 0.200 e. The van der Waals surface area contributed by atoms with Gasteiger partial charge < -0.3 is 5.32 Å². The van der Waals surface area contributed by atoms with E-state index in [9.17, 15) is 8.42 Å². The molecule has 0 aromatic carbocycles. The standard InChI is InChI=1S/C16H24N2O2S/c1-16(2,3)21(19,20)14-9-8-13(10-17-14)18-15(11-4-5-11)12-6-7-12/h8-12,15,18H,4-7H2,1-3H3. The topological polar surface area (TPSA) is 59.1 Å². The van der Waals surface area contributed by atoms with Crippen molar-refractivity contribution in [1.82, 2.24) is 4.98 Å². The fourth-order valence-electron chi connectivity index (χ4n) is 2.66. The largest absolute Gasteiger partial charge is 0.381 e. The van der Waals surface area contributed by atoms with Crippen molar-refractivity contribution in [3.05, 3.63) is 18.3 Å². The second kappa shape index (κ2) is 4.97. The summed E-state index contributed by atoms with van der Waals surface area (Å²) in [6, 6.07) is 4.03. The molecule has 0 bridgehead atoms. The highest BCUT2D eigenvalue weighted by atomic mass is 32.2. The Morgan fingerprint density at radius 1 is 1.14 bits per heavy atom. The quantitative estimate of drug-likeness (QED) is 0.907. The maximum absolute atomic E-state index is 12.3. The predicted molar refractivity (Wildman–Crippen MR) is 84.0 cm³/mol. The summed E-state index contributed by atoms with van der Waals surface area (Å²) in [5.74, 6) is 1.60. The molecule has 3 rings (SSSR count). The number of aromatic nitrogens is 1. The van der Waals surface area contributed by atoms with Crippen LogP contribution in [-0.2, 0) is 9.84 Å². The maximum Gasteiger partial charge on any atom is 0.200 e. The lowest BCUT2D eigenvalue weighted by atomic mass is 10.1. The molecule has 1 aromatic rings. The Bertz CT molecular complexity index is 597. The zero-order chi connectivity index (χ0) is 15.3. The van der Waals surface area contributed by atoms with Gasteiger partial charge in [0, 0.05) is 6.04 Å². The third-order valence-corrected chi connectivity index (χ3v) is 6.82. The SMILES string of the molecule is CC(C)(C)S(=O)(=O)c1ccc(NC(C2CC2)C2CC2)cn1. The van der Waals surface area contributed by atoms with E-state index in [0.717, 1.165) is 17.5 Å². The summed E-state index contributed by atoms with van der Waals surface area (Å²) in [5.41, 5.74) is 0.937. The Labute approximate surface area is 127 Å². The lowest BCUT2D eigenvalue weighted by Crippen LogP contribution is -2.29. The first-order chi connectivity index (χ1) is 9.79. The van der Waals surface area contributed by atoms with Crippen molar-refractivity contribution in [2.45, 2.75) is 62.3 Å². The molecule has 116 valence electrons. The van der Waals surface area contributed by atoms with E-state index in [-0.39, 0.29) is 5.03 Å². The van der Waals surface area contributed by atoms with Gasteiger partial charge in [0.2, 0.25) is 0 Å². The molecule has 1 heterocycles. The van der Waals surface area contributed by atoms with Crippen LogP contribution in [-0.4, -0.2) is 24.2 Å². The minimum absolute atomic E-state index is 0.162. The molecule has 0 aliphatic heterocycles. The highest BCUT2D eigenvalue weighted by molar-refractivity contribution is 7.92. The molecule has 21 heavy (non-hydrogen) atoms. The number of pyridine rings is 1. The Balaban J connectivity index is 1.75. The molecule has 1 N–H and O–H groups in total. The molecule has 0 unspecified atom stereocenters. The van der Waals surface area contributed by atoms with Crippen molar-refractivity contribution < 1.29 is 8.42 Å². The molecule has 0 amide bonds. The Kier molecular flexibility index (Phi) is 3.51. The average Bonchev–Trinajstić information content (AvgIpc) is 3.27. The predicted octanol–water partition coefficient (Wildman–Crippen LogP) is 3.25. The van der Waals surface area contributed by atoms with Crippen LogP contribution in [0.15, 0.2) is 23.4 Å². The summed E-state index contributed by atoms with van der Waals surface area (Å²) in [7, 11) is -3.37. The van der Waals surface area contributed by atoms with Crippen molar-refractivity contribution in [3.63, 3.8) is 0 Å². The molecule has 5 heteroatoms. The summed E-state index contributed by atoms with van der Waals surface area (Å²) >= 11 is 0. The van der Waals surface area contributed by atoms with Crippen LogP contribution >= 0.6 is 0 Å². The summed E-state index contributed by atoms with van der Waals surface area (Å²) < 4.78 is 23.9. The number of anilines is 1. The van der Waals surface area contributed by atoms with E-state index in [1.165, 1.54) is 25.7 Å². The third kappa shape index (κ3) is 3.07. The van der Waals surface area contributed by atoms with Crippen LogP contribution < -0.4 is 5.32 Å². The molecule has 0 radical (unpaired) electrons. The lowest BCUT2D eigenvalue weighted by molar-refractivity contribution is 0.555. The van der Waals surface area contributed by atoms with Gasteiger partial charge in [0.25, 0.3) is 0 Å². The zero-order valence-electron chi connectivity index (χ0n) is 13.0. The van der Waals surface area contributed by atoms with Crippen molar-refractivity contribution in [2.24, 2.45) is 11.8 Å². The second-order valence-corrected chi connectivity index (χ2v) is 10.00. The van der Waals surface area contributed by atoms with Gasteiger partial charge in [0.15, 0.2) is 14.9 Å². The van der Waals surface area contributed by atoms with Crippen LogP contribution in [0.2, 0.25) is 0 Å². The fourth-order valence-corrected chi connectivity index (χ4v) is 3.73. The van der Waals surface area contributed by atoms with Gasteiger partial charge in [-0.3, -0.25) is 0 Å². The summed E-state index contributed by atoms with van der Waals surface area (Å²) in [6.07, 6.45) is 6.93. The van der Waals surface area contributed by atoms with Gasteiger partial charge in [-0.2, -0.15) is 0 Å². The number of nitrogens with zero attached hydrogens (tertiary/aromatic N) is 1. The summed E-state index contributed by atoms with van der Waals surface area (Å²) in [5, 5.41) is 3.72. The third-order valence-electron chi connectivity index (χ3n) is 4.41. The highest BCUT2D eigenvalue weighted by Crippen LogP contribution is 2.45. The van der Waals surface area contributed by atoms with E-state index in [2.05, 4.69) is 10.3 Å². The maximum atomic E-state index is 12.3. The van der Waals surface area contributed by atoms with Gasteiger partial charge in [-0.05, 0) is 70.4 Å². The fraction of sp³-hybridized carbons (Fsp3) is 0.688. The minimum atomic E-state index is -3.37. The lowest BCUT2D eigenvalue weighted by Gasteiger charge is -2.20.